The molecule has 0 bridgehead atoms. The van der Waals surface area contributed by atoms with E-state index >= 15 is 0 Å². The van der Waals surface area contributed by atoms with Gasteiger partial charge >= 0.3 is 0 Å². The Bertz CT molecular complexity index is 925. The summed E-state index contributed by atoms with van der Waals surface area (Å²) in [7, 11) is 0. The van der Waals surface area contributed by atoms with E-state index in [9.17, 15) is 0 Å². The molecule has 2 heterocycles. The maximum Gasteiger partial charge on any atom is 0.0804 e. The van der Waals surface area contributed by atoms with Gasteiger partial charge in [-0.05, 0) is 58.3 Å². The molecule has 1 nitrogen and oxygen atoms in total. The van der Waals surface area contributed by atoms with Crippen molar-refractivity contribution in [1.82, 2.24) is 4.98 Å². The molecule has 0 aliphatic heterocycles. The van der Waals surface area contributed by atoms with E-state index in [1.807, 2.05) is 12.3 Å². The number of pyridine rings is 1. The van der Waals surface area contributed by atoms with Crippen LogP contribution in [0, 0.1) is 0 Å². The first kappa shape index (κ1) is 14.2. The molecule has 0 fully saturated rings. The van der Waals surface area contributed by atoms with Crippen LogP contribution in [0.25, 0.3) is 21.3 Å². The van der Waals surface area contributed by atoms with Crippen molar-refractivity contribution in [2.45, 2.75) is 12.8 Å². The van der Waals surface area contributed by atoms with Gasteiger partial charge in [0.2, 0.25) is 0 Å². The van der Waals surface area contributed by atoms with Crippen LogP contribution in [0.3, 0.4) is 0 Å². The SMILES string of the molecule is c1ccc(-c2sccc2CCc2ccc3ccccc3c2)nc1. The van der Waals surface area contributed by atoms with E-state index in [1.165, 1.54) is 26.8 Å². The molecule has 0 amide bonds. The number of benzene rings is 2. The Morgan fingerprint density at radius 2 is 1.65 bits per heavy atom. The molecule has 0 atom stereocenters. The molecule has 0 aliphatic rings. The fourth-order valence-electron chi connectivity index (χ4n) is 2.93. The van der Waals surface area contributed by atoms with Gasteiger partial charge < -0.3 is 0 Å². The van der Waals surface area contributed by atoms with Gasteiger partial charge in [-0.15, -0.1) is 11.3 Å². The minimum atomic E-state index is 1.05. The Labute approximate surface area is 140 Å². The first-order valence-corrected chi connectivity index (χ1v) is 8.73. The molecule has 0 spiro atoms. The highest BCUT2D eigenvalue weighted by Gasteiger charge is 2.08. The second-order valence-corrected chi connectivity index (χ2v) is 6.59. The van der Waals surface area contributed by atoms with Crippen molar-refractivity contribution in [2.75, 3.05) is 0 Å². The van der Waals surface area contributed by atoms with Gasteiger partial charge in [0.05, 0.1) is 10.6 Å². The van der Waals surface area contributed by atoms with Gasteiger partial charge in [0.25, 0.3) is 0 Å². The third kappa shape index (κ3) is 3.03. The predicted molar refractivity (Wildman–Crippen MR) is 98.9 cm³/mol. The average Bonchev–Trinajstić information content (AvgIpc) is 3.09. The van der Waals surface area contributed by atoms with Crippen LogP contribution in [-0.2, 0) is 12.8 Å². The first-order chi connectivity index (χ1) is 11.4. The summed E-state index contributed by atoms with van der Waals surface area (Å²) in [5.41, 5.74) is 3.86. The van der Waals surface area contributed by atoms with Gasteiger partial charge in [-0.1, -0.05) is 48.5 Å². The van der Waals surface area contributed by atoms with Gasteiger partial charge in [-0.25, -0.2) is 0 Å². The molecule has 4 rings (SSSR count). The summed E-state index contributed by atoms with van der Waals surface area (Å²) in [6.07, 6.45) is 3.97. The minimum absolute atomic E-state index is 1.05. The summed E-state index contributed by atoms with van der Waals surface area (Å²) in [5.74, 6) is 0. The number of fused-ring (bicyclic) bond motifs is 1. The van der Waals surface area contributed by atoms with Gasteiger partial charge in [-0.3, -0.25) is 4.98 Å². The molecule has 0 unspecified atom stereocenters. The van der Waals surface area contributed by atoms with Gasteiger partial charge in [-0.2, -0.15) is 0 Å². The lowest BCUT2D eigenvalue weighted by Gasteiger charge is -2.05. The lowest BCUT2D eigenvalue weighted by Crippen LogP contribution is -1.92. The zero-order valence-electron chi connectivity index (χ0n) is 12.8. The molecular formula is C21H17NS. The van der Waals surface area contributed by atoms with Crippen molar-refractivity contribution in [3.63, 3.8) is 0 Å². The summed E-state index contributed by atoms with van der Waals surface area (Å²) in [6, 6.07) is 23.6. The molecule has 2 aromatic carbocycles. The number of thiophene rings is 1. The zero-order valence-corrected chi connectivity index (χ0v) is 13.6. The van der Waals surface area contributed by atoms with E-state index in [-0.39, 0.29) is 0 Å². The van der Waals surface area contributed by atoms with Crippen LogP contribution >= 0.6 is 11.3 Å². The molecule has 112 valence electrons. The van der Waals surface area contributed by atoms with Gasteiger partial charge in [0.15, 0.2) is 0 Å². The van der Waals surface area contributed by atoms with Crippen LogP contribution in [0.5, 0.6) is 0 Å². The van der Waals surface area contributed by atoms with Crippen molar-refractivity contribution < 1.29 is 0 Å². The molecule has 2 heteroatoms. The van der Waals surface area contributed by atoms with E-state index in [0.29, 0.717) is 0 Å². The fourth-order valence-corrected chi connectivity index (χ4v) is 3.86. The lowest BCUT2D eigenvalue weighted by molar-refractivity contribution is 0.968. The Kier molecular flexibility index (Phi) is 3.91. The third-order valence-electron chi connectivity index (χ3n) is 4.14. The van der Waals surface area contributed by atoms with Crippen molar-refractivity contribution in [3.8, 4) is 10.6 Å². The largest absolute Gasteiger partial charge is 0.255 e. The summed E-state index contributed by atoms with van der Waals surface area (Å²) in [5, 5.41) is 4.79. The van der Waals surface area contributed by atoms with Crippen LogP contribution in [0.15, 0.2) is 78.3 Å². The minimum Gasteiger partial charge on any atom is -0.255 e. The normalized spacial score (nSPS) is 11.0. The smallest absolute Gasteiger partial charge is 0.0804 e. The Balaban J connectivity index is 1.56. The van der Waals surface area contributed by atoms with E-state index < -0.39 is 0 Å². The molecule has 0 N–H and O–H groups in total. The monoisotopic (exact) mass is 315 g/mol. The molecule has 0 aliphatic carbocycles. The lowest BCUT2D eigenvalue weighted by atomic mass is 10.0. The molecule has 0 saturated heterocycles. The molecule has 0 radical (unpaired) electrons. The van der Waals surface area contributed by atoms with Gasteiger partial charge in [0, 0.05) is 6.20 Å². The van der Waals surface area contributed by atoms with E-state index in [0.717, 1.165) is 18.5 Å². The molecule has 0 saturated carbocycles. The second-order valence-electron chi connectivity index (χ2n) is 5.67. The summed E-state index contributed by atoms with van der Waals surface area (Å²) in [6.45, 7) is 0. The van der Waals surface area contributed by atoms with E-state index in [2.05, 4.69) is 71.0 Å². The standard InChI is InChI=1S/C21H17NS/c1-2-6-19-15-16(8-10-17(19)5-1)9-11-18-12-14-23-21(18)20-7-3-4-13-22-20/h1-8,10,12-15H,9,11H2. The van der Waals surface area contributed by atoms with E-state index in [1.54, 1.807) is 11.3 Å². The van der Waals surface area contributed by atoms with Crippen LogP contribution in [-0.4, -0.2) is 4.98 Å². The summed E-state index contributed by atoms with van der Waals surface area (Å²) >= 11 is 1.78. The molecule has 4 aromatic rings. The van der Waals surface area contributed by atoms with Crippen LogP contribution in [0.4, 0.5) is 0 Å². The number of rotatable bonds is 4. The van der Waals surface area contributed by atoms with Crippen LogP contribution in [0.1, 0.15) is 11.1 Å². The van der Waals surface area contributed by atoms with Gasteiger partial charge in [0.1, 0.15) is 0 Å². The second kappa shape index (κ2) is 6.35. The van der Waals surface area contributed by atoms with Crippen LogP contribution in [0.2, 0.25) is 0 Å². The summed E-state index contributed by atoms with van der Waals surface area (Å²) in [4.78, 5) is 5.79. The quantitative estimate of drug-likeness (QED) is 0.467. The van der Waals surface area contributed by atoms with Crippen molar-refractivity contribution in [2.24, 2.45) is 0 Å². The average molecular weight is 315 g/mol. The topological polar surface area (TPSA) is 12.9 Å². The number of hydrogen-bond acceptors (Lipinski definition) is 2. The Morgan fingerprint density at radius 1 is 0.783 bits per heavy atom. The van der Waals surface area contributed by atoms with Crippen molar-refractivity contribution >= 4 is 22.1 Å². The fraction of sp³-hybridized carbons (Fsp3) is 0.0952. The predicted octanol–water partition coefficient (Wildman–Crippen LogP) is 5.75. The third-order valence-corrected chi connectivity index (χ3v) is 5.12. The zero-order chi connectivity index (χ0) is 15.5. The summed E-state index contributed by atoms with van der Waals surface area (Å²) < 4.78 is 0. The number of nitrogens with zero attached hydrogens (tertiary/aromatic N) is 1. The number of hydrogen-bond donors (Lipinski definition) is 0. The number of aryl methyl sites for hydroxylation is 2. The number of aromatic nitrogens is 1. The van der Waals surface area contributed by atoms with E-state index in [4.69, 9.17) is 0 Å². The highest BCUT2D eigenvalue weighted by molar-refractivity contribution is 7.13. The van der Waals surface area contributed by atoms with Crippen molar-refractivity contribution in [1.29, 1.82) is 0 Å². The molecule has 23 heavy (non-hydrogen) atoms. The van der Waals surface area contributed by atoms with Crippen LogP contribution < -0.4 is 0 Å². The first-order valence-electron chi connectivity index (χ1n) is 7.85. The van der Waals surface area contributed by atoms with Crippen molar-refractivity contribution in [3.05, 3.63) is 89.4 Å². The highest BCUT2D eigenvalue weighted by atomic mass is 32.1. The Morgan fingerprint density at radius 3 is 2.52 bits per heavy atom. The highest BCUT2D eigenvalue weighted by Crippen LogP contribution is 2.29. The maximum absolute atomic E-state index is 4.49. The molecular weight excluding hydrogens is 298 g/mol. The maximum atomic E-state index is 4.49. The molecule has 2 aromatic heterocycles. The Hall–Kier alpha value is -2.45.